The number of hydrogen-bond donors (Lipinski definition) is 1. The van der Waals surface area contributed by atoms with Crippen LogP contribution < -0.4 is 5.32 Å². The number of nitrogens with one attached hydrogen (secondary N) is 1. The molecule has 0 aromatic heterocycles. The second kappa shape index (κ2) is 5.59. The topological polar surface area (TPSA) is 41.6 Å². The molecule has 1 heterocycles. The van der Waals surface area contributed by atoms with Gasteiger partial charge in [-0.1, -0.05) is 17.7 Å². The van der Waals surface area contributed by atoms with Crippen molar-refractivity contribution in [3.63, 3.8) is 0 Å². The number of carbonyl (C=O) groups excluding carboxylic acids is 1. The number of nitrogens with zero attached hydrogens (tertiary/aromatic N) is 1. The third-order valence-corrected chi connectivity index (χ3v) is 3.18. The highest BCUT2D eigenvalue weighted by Gasteiger charge is 2.27. The zero-order valence-corrected chi connectivity index (χ0v) is 11.3. The predicted octanol–water partition coefficient (Wildman–Crippen LogP) is 2.98. The first-order valence-electron chi connectivity index (χ1n) is 6.01. The van der Waals surface area contributed by atoms with Crippen molar-refractivity contribution in [1.29, 1.82) is 0 Å². The molecule has 0 spiro atoms. The third kappa shape index (κ3) is 3.15. The fourth-order valence-corrected chi connectivity index (χ4v) is 2.14. The molecule has 0 saturated carbocycles. The van der Waals surface area contributed by atoms with Crippen LogP contribution in [0.25, 0.3) is 0 Å². The molecule has 4 nitrogen and oxygen atoms in total. The van der Waals surface area contributed by atoms with Crippen LogP contribution >= 0.6 is 11.6 Å². The number of benzene rings is 1. The second-order valence-corrected chi connectivity index (χ2v) is 5.02. The van der Waals surface area contributed by atoms with Crippen LogP contribution in [-0.2, 0) is 4.74 Å². The molecule has 5 heteroatoms. The van der Waals surface area contributed by atoms with Gasteiger partial charge in [-0.3, -0.25) is 0 Å². The van der Waals surface area contributed by atoms with Crippen LogP contribution in [0.5, 0.6) is 0 Å². The van der Waals surface area contributed by atoms with Gasteiger partial charge in [-0.2, -0.15) is 0 Å². The zero-order valence-electron chi connectivity index (χ0n) is 10.5. The molecule has 2 amide bonds. The summed E-state index contributed by atoms with van der Waals surface area (Å²) < 4.78 is 5.50. The van der Waals surface area contributed by atoms with Gasteiger partial charge >= 0.3 is 6.03 Å². The van der Waals surface area contributed by atoms with Gasteiger partial charge in [0, 0.05) is 17.3 Å². The van der Waals surface area contributed by atoms with E-state index in [9.17, 15) is 4.79 Å². The van der Waals surface area contributed by atoms with E-state index in [0.717, 1.165) is 0 Å². The van der Waals surface area contributed by atoms with Crippen molar-refractivity contribution in [3.05, 3.63) is 29.3 Å². The largest absolute Gasteiger partial charge is 0.375 e. The molecule has 1 aliphatic heterocycles. The molecule has 2 unspecified atom stereocenters. The van der Waals surface area contributed by atoms with Crippen molar-refractivity contribution < 1.29 is 9.53 Å². The van der Waals surface area contributed by atoms with E-state index >= 15 is 0 Å². The second-order valence-electron chi connectivity index (χ2n) is 4.59. The molecule has 1 saturated heterocycles. The fourth-order valence-electron chi connectivity index (χ4n) is 1.95. The Labute approximate surface area is 112 Å². The van der Waals surface area contributed by atoms with Gasteiger partial charge in [0.1, 0.15) is 0 Å². The molecule has 1 aliphatic rings. The molecule has 1 aromatic rings. The van der Waals surface area contributed by atoms with E-state index in [2.05, 4.69) is 5.32 Å². The van der Waals surface area contributed by atoms with Crippen molar-refractivity contribution in [3.8, 4) is 0 Å². The summed E-state index contributed by atoms with van der Waals surface area (Å²) in [6, 6.07) is 7.10. The number of carbonyl (C=O) groups is 1. The lowest BCUT2D eigenvalue weighted by atomic mass is 10.2. The van der Waals surface area contributed by atoms with Gasteiger partial charge in [0.25, 0.3) is 0 Å². The van der Waals surface area contributed by atoms with Gasteiger partial charge in [-0.25, -0.2) is 4.79 Å². The van der Waals surface area contributed by atoms with E-state index in [1.165, 1.54) is 0 Å². The smallest absolute Gasteiger partial charge is 0.322 e. The number of halogens is 1. The van der Waals surface area contributed by atoms with E-state index in [1.807, 2.05) is 26.0 Å². The summed E-state index contributed by atoms with van der Waals surface area (Å²) in [6.07, 6.45) is 0.0753. The SMILES string of the molecule is CC1CN(C(=O)Nc2cccc(Cl)c2)C(C)CO1. The van der Waals surface area contributed by atoms with Crippen molar-refractivity contribution in [1.82, 2.24) is 4.90 Å². The average Bonchev–Trinajstić information content (AvgIpc) is 2.32. The maximum absolute atomic E-state index is 12.2. The maximum atomic E-state index is 12.2. The van der Waals surface area contributed by atoms with Crippen LogP contribution in [0.15, 0.2) is 24.3 Å². The summed E-state index contributed by atoms with van der Waals surface area (Å²) in [6.45, 7) is 5.12. The summed E-state index contributed by atoms with van der Waals surface area (Å²) >= 11 is 5.88. The van der Waals surface area contributed by atoms with Crippen molar-refractivity contribution in [2.45, 2.75) is 26.0 Å². The van der Waals surface area contributed by atoms with E-state index in [1.54, 1.807) is 17.0 Å². The van der Waals surface area contributed by atoms with Crippen LogP contribution in [0.1, 0.15) is 13.8 Å². The number of anilines is 1. The standard InChI is InChI=1S/C13H17ClN2O2/c1-9-8-18-10(2)7-16(9)13(17)15-12-5-3-4-11(14)6-12/h3-6,9-10H,7-8H2,1-2H3,(H,15,17). The molecule has 0 bridgehead atoms. The molecule has 0 aliphatic carbocycles. The number of amides is 2. The lowest BCUT2D eigenvalue weighted by molar-refractivity contribution is -0.0296. The predicted molar refractivity (Wildman–Crippen MR) is 72.1 cm³/mol. The Morgan fingerprint density at radius 1 is 1.50 bits per heavy atom. The zero-order chi connectivity index (χ0) is 13.1. The maximum Gasteiger partial charge on any atom is 0.322 e. The quantitative estimate of drug-likeness (QED) is 0.851. The van der Waals surface area contributed by atoms with Crippen LogP contribution in [-0.4, -0.2) is 36.2 Å². The minimum atomic E-state index is -0.111. The van der Waals surface area contributed by atoms with Gasteiger partial charge in [0.15, 0.2) is 0 Å². The van der Waals surface area contributed by atoms with Crippen LogP contribution in [0.2, 0.25) is 5.02 Å². The van der Waals surface area contributed by atoms with Crippen molar-refractivity contribution >= 4 is 23.3 Å². The normalized spacial score (nSPS) is 23.8. The molecule has 1 aromatic carbocycles. The Morgan fingerprint density at radius 2 is 2.28 bits per heavy atom. The van der Waals surface area contributed by atoms with Crippen molar-refractivity contribution in [2.75, 3.05) is 18.5 Å². The molecule has 1 N–H and O–H groups in total. The monoisotopic (exact) mass is 268 g/mol. The Hall–Kier alpha value is -1.26. The minimum absolute atomic E-state index is 0.0753. The number of rotatable bonds is 1. The number of hydrogen-bond acceptors (Lipinski definition) is 2. The van der Waals surface area contributed by atoms with E-state index < -0.39 is 0 Å². The summed E-state index contributed by atoms with van der Waals surface area (Å²) in [4.78, 5) is 13.9. The third-order valence-electron chi connectivity index (χ3n) is 2.94. The first kappa shape index (κ1) is 13.2. The highest BCUT2D eigenvalue weighted by atomic mass is 35.5. The molecule has 98 valence electrons. The molecular weight excluding hydrogens is 252 g/mol. The first-order chi connectivity index (χ1) is 8.56. The Morgan fingerprint density at radius 3 is 3.00 bits per heavy atom. The van der Waals surface area contributed by atoms with E-state index in [-0.39, 0.29) is 18.2 Å². The van der Waals surface area contributed by atoms with Crippen LogP contribution in [0.4, 0.5) is 10.5 Å². The summed E-state index contributed by atoms with van der Waals surface area (Å²) in [5.74, 6) is 0. The lowest BCUT2D eigenvalue weighted by Crippen LogP contribution is -2.51. The average molecular weight is 269 g/mol. The van der Waals surface area contributed by atoms with Gasteiger partial charge in [0.2, 0.25) is 0 Å². The number of morpholine rings is 1. The lowest BCUT2D eigenvalue weighted by Gasteiger charge is -2.36. The minimum Gasteiger partial charge on any atom is -0.375 e. The summed E-state index contributed by atoms with van der Waals surface area (Å²) in [5.41, 5.74) is 0.707. The molecule has 0 radical (unpaired) electrons. The Kier molecular flexibility index (Phi) is 4.09. The highest BCUT2D eigenvalue weighted by molar-refractivity contribution is 6.30. The van der Waals surface area contributed by atoms with E-state index in [0.29, 0.717) is 23.9 Å². The van der Waals surface area contributed by atoms with Gasteiger partial charge < -0.3 is 15.0 Å². The molecule has 18 heavy (non-hydrogen) atoms. The Bertz CT molecular complexity index is 439. The number of urea groups is 1. The highest BCUT2D eigenvalue weighted by Crippen LogP contribution is 2.17. The van der Waals surface area contributed by atoms with Gasteiger partial charge in [-0.15, -0.1) is 0 Å². The van der Waals surface area contributed by atoms with Crippen LogP contribution in [0.3, 0.4) is 0 Å². The Balaban J connectivity index is 2.02. The fraction of sp³-hybridized carbons (Fsp3) is 0.462. The molecular formula is C13H17ClN2O2. The van der Waals surface area contributed by atoms with Crippen LogP contribution in [0, 0.1) is 0 Å². The van der Waals surface area contributed by atoms with Gasteiger partial charge in [-0.05, 0) is 32.0 Å². The number of ether oxygens (including phenoxy) is 1. The first-order valence-corrected chi connectivity index (χ1v) is 6.39. The summed E-state index contributed by atoms with van der Waals surface area (Å²) in [5, 5.41) is 3.46. The molecule has 2 atom stereocenters. The molecule has 2 rings (SSSR count). The van der Waals surface area contributed by atoms with E-state index in [4.69, 9.17) is 16.3 Å². The molecule has 1 fully saturated rings. The van der Waals surface area contributed by atoms with Crippen molar-refractivity contribution in [2.24, 2.45) is 0 Å². The summed E-state index contributed by atoms with van der Waals surface area (Å²) in [7, 11) is 0. The van der Waals surface area contributed by atoms with Gasteiger partial charge in [0.05, 0.1) is 18.8 Å².